The van der Waals surface area contributed by atoms with Crippen molar-refractivity contribution in [2.45, 2.75) is 76.3 Å². The maximum absolute atomic E-state index is 13.6. The fraction of sp³-hybridized carbons (Fsp3) is 0.333. The second kappa shape index (κ2) is 13.8. The number of carbonyl (C=O) groups is 1. The van der Waals surface area contributed by atoms with Gasteiger partial charge < -0.3 is 14.5 Å². The topological polar surface area (TPSA) is 90.0 Å². The maximum Gasteiger partial charge on any atom is 0.417 e. The average molecular weight is 663 g/mol. The number of alkyl halides is 3. The summed E-state index contributed by atoms with van der Waals surface area (Å²) in [4.78, 5) is 30.8. The number of esters is 1. The molecule has 0 spiro atoms. The van der Waals surface area contributed by atoms with Gasteiger partial charge in [-0.2, -0.15) is 13.2 Å². The summed E-state index contributed by atoms with van der Waals surface area (Å²) in [6, 6.07) is 13.6. The molecule has 0 aliphatic rings. The van der Waals surface area contributed by atoms with Crippen LogP contribution in [0, 0.1) is 13.8 Å². The Morgan fingerprint density at radius 3 is 2.28 bits per heavy atom. The molecule has 5 aromatic rings. The summed E-state index contributed by atoms with van der Waals surface area (Å²) in [5, 5.41) is 0.977. The minimum atomic E-state index is -4.45. The van der Waals surface area contributed by atoms with Crippen LogP contribution >= 0.6 is 11.8 Å². The van der Waals surface area contributed by atoms with Gasteiger partial charge in [0.25, 0.3) is 0 Å². The number of nitrogens with one attached hydrogen (secondary N) is 1. The number of aryl methyl sites for hydroxylation is 2. The first-order valence-electron chi connectivity index (χ1n) is 15.3. The smallest absolute Gasteiger partial charge is 0.417 e. The van der Waals surface area contributed by atoms with E-state index < -0.39 is 17.7 Å². The lowest BCUT2D eigenvalue weighted by molar-refractivity contribution is -0.145. The lowest BCUT2D eigenvalue weighted by atomic mass is 9.94. The van der Waals surface area contributed by atoms with Crippen molar-refractivity contribution in [3.63, 3.8) is 0 Å². The number of carbonyl (C=O) groups excluding carboxylic acids is 1. The molecule has 3 aromatic heterocycles. The largest absolute Gasteiger partial charge is 0.487 e. The molecule has 7 nitrogen and oxygen atoms in total. The second-order valence-electron chi connectivity index (χ2n) is 12.3. The Hall–Kier alpha value is -4.38. The predicted molar refractivity (Wildman–Crippen MR) is 177 cm³/mol. The zero-order chi connectivity index (χ0) is 33.9. The number of ether oxygens (including phenoxy) is 2. The van der Waals surface area contributed by atoms with Crippen LogP contribution in [0.2, 0.25) is 0 Å². The highest BCUT2D eigenvalue weighted by Crippen LogP contribution is 2.45. The van der Waals surface area contributed by atoms with E-state index in [1.807, 2.05) is 38.1 Å². The predicted octanol–water partition coefficient (Wildman–Crippen LogP) is 9.01. The number of nitrogens with zero attached hydrogens (tertiary/aromatic N) is 3. The minimum Gasteiger partial charge on any atom is -0.487 e. The Bertz CT molecular complexity index is 1850. The first-order valence-corrected chi connectivity index (χ1v) is 16.1. The van der Waals surface area contributed by atoms with Gasteiger partial charge in [-0.25, -0.2) is 0 Å². The fourth-order valence-electron chi connectivity index (χ4n) is 5.21. The average Bonchev–Trinajstić information content (AvgIpc) is 3.37. The summed E-state index contributed by atoms with van der Waals surface area (Å²) < 4.78 is 50.6. The van der Waals surface area contributed by atoms with Crippen LogP contribution in [0.4, 0.5) is 13.2 Å². The molecular weight excluding hydrogens is 625 g/mol. The monoisotopic (exact) mass is 662 g/mol. The summed E-state index contributed by atoms with van der Waals surface area (Å²) in [5.74, 6) is -0.287. The number of halogens is 3. The molecule has 246 valence electrons. The molecule has 0 aliphatic carbocycles. The van der Waals surface area contributed by atoms with Gasteiger partial charge >= 0.3 is 12.1 Å². The minimum absolute atomic E-state index is 0.180. The van der Waals surface area contributed by atoms with E-state index in [4.69, 9.17) is 9.47 Å². The highest BCUT2D eigenvalue weighted by Gasteiger charge is 2.32. The number of aromatic amines is 1. The molecule has 0 aliphatic heterocycles. The Balaban J connectivity index is 1.49. The maximum atomic E-state index is 13.6. The van der Waals surface area contributed by atoms with E-state index in [0.717, 1.165) is 56.3 Å². The van der Waals surface area contributed by atoms with Crippen molar-refractivity contribution < 1.29 is 27.4 Å². The third-order valence-corrected chi connectivity index (χ3v) is 8.71. The van der Waals surface area contributed by atoms with Crippen molar-refractivity contribution in [3.05, 3.63) is 101 Å². The van der Waals surface area contributed by atoms with Crippen LogP contribution in [0.1, 0.15) is 67.4 Å². The van der Waals surface area contributed by atoms with E-state index in [9.17, 15) is 18.0 Å². The molecule has 1 unspecified atom stereocenters. The van der Waals surface area contributed by atoms with Gasteiger partial charge in [0.2, 0.25) is 0 Å². The molecule has 0 saturated carbocycles. The van der Waals surface area contributed by atoms with Crippen molar-refractivity contribution in [3.8, 4) is 17.0 Å². The third-order valence-electron chi connectivity index (χ3n) is 7.47. The number of hydrogen-bond donors (Lipinski definition) is 1. The second-order valence-corrected chi connectivity index (χ2v) is 14.1. The molecule has 11 heteroatoms. The standard InChI is InChI=1S/C36H37F3N4O3S/c1-7-45-34(44)27(16-23-8-10-24(11-9-23)28-13-12-25(18-42-28)36(37,38)39)32-33(47-35(4,5)6)31-22(3)30(15-14-29(31)43-32)46-20-26-19-40-21(2)17-41-26/h8-15,17-19,27,43H,7,16,20H2,1-6H3. The molecule has 0 radical (unpaired) electrons. The van der Waals surface area contributed by atoms with Gasteiger partial charge in [-0.05, 0) is 57.0 Å². The van der Waals surface area contributed by atoms with E-state index in [1.165, 1.54) is 6.07 Å². The zero-order valence-electron chi connectivity index (χ0n) is 27.2. The van der Waals surface area contributed by atoms with Crippen molar-refractivity contribution >= 4 is 28.6 Å². The van der Waals surface area contributed by atoms with Crippen molar-refractivity contribution in [2.75, 3.05) is 6.61 Å². The molecule has 0 amide bonds. The van der Waals surface area contributed by atoms with Crippen LogP contribution in [0.15, 0.2) is 72.0 Å². The Morgan fingerprint density at radius 2 is 1.68 bits per heavy atom. The van der Waals surface area contributed by atoms with E-state index in [0.29, 0.717) is 23.4 Å². The fourth-order valence-corrected chi connectivity index (χ4v) is 6.49. The highest BCUT2D eigenvalue weighted by atomic mass is 32.2. The quantitative estimate of drug-likeness (QED) is 0.118. The van der Waals surface area contributed by atoms with Gasteiger partial charge in [0.1, 0.15) is 18.3 Å². The SMILES string of the molecule is CCOC(=O)C(Cc1ccc(-c2ccc(C(F)(F)F)cn2)cc1)c1[nH]c2ccc(OCc3cnc(C)cn3)c(C)c2c1SC(C)(C)C. The summed E-state index contributed by atoms with van der Waals surface area (Å²) >= 11 is 1.67. The van der Waals surface area contributed by atoms with Crippen LogP contribution in [-0.4, -0.2) is 37.3 Å². The Kier molecular flexibility index (Phi) is 9.95. The van der Waals surface area contributed by atoms with Crippen molar-refractivity contribution in [2.24, 2.45) is 0 Å². The summed E-state index contributed by atoms with van der Waals surface area (Å²) in [7, 11) is 0. The van der Waals surface area contributed by atoms with Crippen LogP contribution in [-0.2, 0) is 28.7 Å². The molecule has 3 heterocycles. The zero-order valence-corrected chi connectivity index (χ0v) is 28.0. The first kappa shape index (κ1) is 34.0. The van der Waals surface area contributed by atoms with E-state index in [2.05, 4.69) is 40.7 Å². The van der Waals surface area contributed by atoms with Gasteiger partial charge in [-0.3, -0.25) is 19.7 Å². The molecular formula is C36H37F3N4O3S. The van der Waals surface area contributed by atoms with Gasteiger partial charge in [0.05, 0.1) is 35.4 Å². The normalized spacial score (nSPS) is 12.7. The van der Waals surface area contributed by atoms with E-state index in [1.54, 1.807) is 43.2 Å². The van der Waals surface area contributed by atoms with Crippen LogP contribution < -0.4 is 4.74 Å². The van der Waals surface area contributed by atoms with Crippen molar-refractivity contribution in [1.29, 1.82) is 0 Å². The van der Waals surface area contributed by atoms with Gasteiger partial charge in [0, 0.05) is 49.8 Å². The summed E-state index contributed by atoms with van der Waals surface area (Å²) in [6.45, 7) is 12.5. The number of thioether (sulfide) groups is 1. The number of H-pyrrole nitrogens is 1. The van der Waals surface area contributed by atoms with E-state index in [-0.39, 0.29) is 23.9 Å². The third kappa shape index (κ3) is 8.13. The van der Waals surface area contributed by atoms with E-state index >= 15 is 0 Å². The highest BCUT2D eigenvalue weighted by molar-refractivity contribution is 8.00. The van der Waals surface area contributed by atoms with Gasteiger partial charge in [0.15, 0.2) is 0 Å². The van der Waals surface area contributed by atoms with Crippen molar-refractivity contribution in [1.82, 2.24) is 19.9 Å². The first-order chi connectivity index (χ1) is 22.2. The Labute approximate surface area is 276 Å². The van der Waals surface area contributed by atoms with Gasteiger partial charge in [-0.1, -0.05) is 45.0 Å². The summed E-state index contributed by atoms with van der Waals surface area (Å²) in [5.41, 5.74) is 5.29. The number of benzene rings is 2. The van der Waals surface area contributed by atoms with Crippen LogP contribution in [0.25, 0.3) is 22.2 Å². The molecule has 0 bridgehead atoms. The number of pyridine rings is 1. The van der Waals surface area contributed by atoms with Crippen LogP contribution in [0.3, 0.4) is 0 Å². The number of hydrogen-bond acceptors (Lipinski definition) is 7. The lowest BCUT2D eigenvalue weighted by Crippen LogP contribution is -2.20. The van der Waals surface area contributed by atoms with Crippen LogP contribution in [0.5, 0.6) is 5.75 Å². The molecule has 2 aromatic carbocycles. The Morgan fingerprint density at radius 1 is 0.936 bits per heavy atom. The van der Waals surface area contributed by atoms with Gasteiger partial charge in [-0.15, -0.1) is 11.8 Å². The summed E-state index contributed by atoms with van der Waals surface area (Å²) in [6.07, 6.45) is 0.140. The number of rotatable bonds is 10. The lowest BCUT2D eigenvalue weighted by Gasteiger charge is -2.22. The molecule has 1 atom stereocenters. The number of fused-ring (bicyclic) bond motifs is 1. The molecule has 0 saturated heterocycles. The molecule has 47 heavy (non-hydrogen) atoms. The number of aromatic nitrogens is 4. The molecule has 0 fully saturated rings. The molecule has 5 rings (SSSR count). The molecule has 1 N–H and O–H groups in total.